The number of thiophene rings is 1. The molecule has 3 rings (SSSR count). The van der Waals surface area contributed by atoms with Crippen LogP contribution in [0.2, 0.25) is 5.02 Å². The highest BCUT2D eigenvalue weighted by molar-refractivity contribution is 7.99. The lowest BCUT2D eigenvalue weighted by Gasteiger charge is -2.10. The average Bonchev–Trinajstić information content (AvgIpc) is 3.04. The summed E-state index contributed by atoms with van der Waals surface area (Å²) in [7, 11) is 1.55. The number of rotatable bonds is 6. The Morgan fingerprint density at radius 1 is 1.38 bits per heavy atom. The molecule has 24 heavy (non-hydrogen) atoms. The molecule has 5 nitrogen and oxygen atoms in total. The van der Waals surface area contributed by atoms with Crippen LogP contribution < -0.4 is 10.1 Å². The number of carbonyl (C=O) groups excluding carboxylic acids is 1. The van der Waals surface area contributed by atoms with Crippen LogP contribution in [0, 0.1) is 0 Å². The van der Waals surface area contributed by atoms with Gasteiger partial charge < -0.3 is 10.1 Å². The van der Waals surface area contributed by atoms with Crippen molar-refractivity contribution in [1.82, 2.24) is 9.97 Å². The van der Waals surface area contributed by atoms with Gasteiger partial charge in [0.2, 0.25) is 5.91 Å². The minimum absolute atomic E-state index is 0.0976. The molecule has 2 aromatic heterocycles. The Bertz CT molecular complexity index is 869. The van der Waals surface area contributed by atoms with Crippen molar-refractivity contribution in [2.75, 3.05) is 18.2 Å². The van der Waals surface area contributed by atoms with Crippen LogP contribution in [-0.2, 0) is 4.79 Å². The molecule has 3 aromatic rings. The molecule has 0 atom stereocenters. The predicted molar refractivity (Wildman–Crippen MR) is 99.4 cm³/mol. The summed E-state index contributed by atoms with van der Waals surface area (Å²) in [6.07, 6.45) is 1.91. The molecular formula is C16H14ClN3O2S2. The number of aromatic nitrogens is 2. The largest absolute Gasteiger partial charge is 0.495 e. The Morgan fingerprint density at radius 3 is 3.08 bits per heavy atom. The van der Waals surface area contributed by atoms with Gasteiger partial charge in [-0.2, -0.15) is 0 Å². The maximum atomic E-state index is 12.1. The van der Waals surface area contributed by atoms with Crippen molar-refractivity contribution >= 4 is 56.5 Å². The average molecular weight is 380 g/mol. The van der Waals surface area contributed by atoms with E-state index in [0.29, 0.717) is 28.6 Å². The van der Waals surface area contributed by atoms with Gasteiger partial charge in [0.1, 0.15) is 17.1 Å². The SMILES string of the molecule is COc1ccc(Cl)cc1NC(=O)CCSc1ncnc2ccsc12. The quantitative estimate of drug-likeness (QED) is 0.505. The Labute approximate surface area is 152 Å². The zero-order valence-corrected chi connectivity index (χ0v) is 15.2. The number of hydrogen-bond donors (Lipinski definition) is 1. The van der Waals surface area contributed by atoms with Crippen LogP contribution in [0.15, 0.2) is 41.0 Å². The van der Waals surface area contributed by atoms with Crippen molar-refractivity contribution in [3.05, 3.63) is 41.0 Å². The van der Waals surface area contributed by atoms with Crippen molar-refractivity contribution in [3.63, 3.8) is 0 Å². The summed E-state index contributed by atoms with van der Waals surface area (Å²) in [6, 6.07) is 7.07. The number of nitrogens with one attached hydrogen (secondary N) is 1. The van der Waals surface area contributed by atoms with Crippen molar-refractivity contribution < 1.29 is 9.53 Å². The first-order valence-electron chi connectivity index (χ1n) is 7.12. The van der Waals surface area contributed by atoms with E-state index in [4.69, 9.17) is 16.3 Å². The maximum Gasteiger partial charge on any atom is 0.225 e. The van der Waals surface area contributed by atoms with Crippen molar-refractivity contribution in [1.29, 1.82) is 0 Å². The van der Waals surface area contributed by atoms with Crippen molar-refractivity contribution in [2.24, 2.45) is 0 Å². The predicted octanol–water partition coefficient (Wildman–Crippen LogP) is 4.47. The third-order valence-electron chi connectivity index (χ3n) is 3.21. The Morgan fingerprint density at radius 2 is 2.25 bits per heavy atom. The molecule has 0 aliphatic heterocycles. The van der Waals surface area contributed by atoms with E-state index in [9.17, 15) is 4.79 Å². The number of methoxy groups -OCH3 is 1. The summed E-state index contributed by atoms with van der Waals surface area (Å²) in [6.45, 7) is 0. The van der Waals surface area contributed by atoms with Gasteiger partial charge >= 0.3 is 0 Å². The van der Waals surface area contributed by atoms with Gasteiger partial charge in [-0.1, -0.05) is 11.6 Å². The van der Waals surface area contributed by atoms with Gasteiger partial charge in [0, 0.05) is 17.2 Å². The molecule has 0 aliphatic carbocycles. The number of anilines is 1. The van der Waals surface area contributed by atoms with Crippen LogP contribution in [0.5, 0.6) is 5.75 Å². The van der Waals surface area contributed by atoms with E-state index in [1.54, 1.807) is 54.7 Å². The molecule has 0 aliphatic rings. The Kier molecular flexibility index (Phi) is 5.55. The van der Waals surface area contributed by atoms with Gasteiger partial charge in [0.05, 0.1) is 23.0 Å². The van der Waals surface area contributed by atoms with Gasteiger partial charge in [0.15, 0.2) is 0 Å². The molecule has 1 N–H and O–H groups in total. The first-order valence-corrected chi connectivity index (χ1v) is 9.36. The molecule has 8 heteroatoms. The Hall–Kier alpha value is -1.83. The number of halogens is 1. The van der Waals surface area contributed by atoms with Gasteiger partial charge in [-0.15, -0.1) is 23.1 Å². The van der Waals surface area contributed by atoms with E-state index in [0.717, 1.165) is 15.2 Å². The standard InChI is InChI=1S/C16H14ClN3O2S2/c1-22-13-3-2-10(17)8-12(13)20-14(21)5-7-24-16-15-11(4-6-23-15)18-9-19-16/h2-4,6,8-9H,5,7H2,1H3,(H,20,21). The van der Waals surface area contributed by atoms with Gasteiger partial charge in [0.25, 0.3) is 0 Å². The summed E-state index contributed by atoms with van der Waals surface area (Å²) in [5.74, 6) is 1.11. The topological polar surface area (TPSA) is 64.1 Å². The molecule has 0 saturated heterocycles. The number of fused-ring (bicyclic) bond motifs is 1. The molecule has 0 spiro atoms. The minimum Gasteiger partial charge on any atom is -0.495 e. The second kappa shape index (κ2) is 7.83. The number of ether oxygens (including phenoxy) is 1. The molecule has 124 valence electrons. The number of amides is 1. The summed E-state index contributed by atoms with van der Waals surface area (Å²) in [5, 5.41) is 6.27. The van der Waals surface area contributed by atoms with E-state index < -0.39 is 0 Å². The monoisotopic (exact) mass is 379 g/mol. The highest BCUT2D eigenvalue weighted by Gasteiger charge is 2.10. The number of hydrogen-bond acceptors (Lipinski definition) is 6. The molecule has 2 heterocycles. The summed E-state index contributed by atoms with van der Waals surface area (Å²) < 4.78 is 6.28. The van der Waals surface area contributed by atoms with Gasteiger partial charge in [-0.25, -0.2) is 9.97 Å². The molecule has 0 radical (unpaired) electrons. The summed E-state index contributed by atoms with van der Waals surface area (Å²) in [4.78, 5) is 20.6. The van der Waals surface area contributed by atoms with Crippen molar-refractivity contribution in [3.8, 4) is 5.75 Å². The van der Waals surface area contributed by atoms with Crippen LogP contribution >= 0.6 is 34.7 Å². The van der Waals surface area contributed by atoms with E-state index in [2.05, 4.69) is 15.3 Å². The van der Waals surface area contributed by atoms with E-state index in [1.165, 1.54) is 0 Å². The highest BCUT2D eigenvalue weighted by Crippen LogP contribution is 2.30. The van der Waals surface area contributed by atoms with Crippen LogP contribution in [-0.4, -0.2) is 28.7 Å². The molecule has 1 amide bonds. The first kappa shape index (κ1) is 17.0. The van der Waals surface area contributed by atoms with Crippen LogP contribution in [0.4, 0.5) is 5.69 Å². The zero-order valence-electron chi connectivity index (χ0n) is 12.8. The summed E-state index contributed by atoms with van der Waals surface area (Å²) in [5.41, 5.74) is 1.51. The third kappa shape index (κ3) is 3.98. The van der Waals surface area contributed by atoms with E-state index >= 15 is 0 Å². The van der Waals surface area contributed by atoms with Gasteiger partial charge in [-0.05, 0) is 29.6 Å². The van der Waals surface area contributed by atoms with E-state index in [-0.39, 0.29) is 5.91 Å². The fraction of sp³-hybridized carbons (Fsp3) is 0.188. The lowest BCUT2D eigenvalue weighted by atomic mass is 10.3. The molecular weight excluding hydrogens is 366 g/mol. The maximum absolute atomic E-state index is 12.1. The molecule has 0 unspecified atom stereocenters. The van der Waals surface area contributed by atoms with Crippen molar-refractivity contribution in [2.45, 2.75) is 11.4 Å². The molecule has 0 bridgehead atoms. The second-order valence-electron chi connectivity index (χ2n) is 4.81. The minimum atomic E-state index is -0.0976. The zero-order chi connectivity index (χ0) is 16.9. The fourth-order valence-corrected chi connectivity index (χ4v) is 4.16. The lowest BCUT2D eigenvalue weighted by molar-refractivity contribution is -0.115. The van der Waals surface area contributed by atoms with Gasteiger partial charge in [-0.3, -0.25) is 4.79 Å². The summed E-state index contributed by atoms with van der Waals surface area (Å²) >= 11 is 9.11. The lowest BCUT2D eigenvalue weighted by Crippen LogP contribution is -2.13. The number of nitrogens with zero attached hydrogens (tertiary/aromatic N) is 2. The number of carbonyl (C=O) groups is 1. The third-order valence-corrected chi connectivity index (χ3v) is 5.48. The molecule has 1 aromatic carbocycles. The first-order chi connectivity index (χ1) is 11.7. The second-order valence-corrected chi connectivity index (χ2v) is 7.24. The number of thioether (sulfide) groups is 1. The number of benzene rings is 1. The van der Waals surface area contributed by atoms with Crippen LogP contribution in [0.1, 0.15) is 6.42 Å². The molecule has 0 saturated carbocycles. The fourth-order valence-electron chi connectivity index (χ4n) is 2.10. The Balaban J connectivity index is 1.58. The normalized spacial score (nSPS) is 10.8. The molecule has 0 fully saturated rings. The highest BCUT2D eigenvalue weighted by atomic mass is 35.5. The smallest absolute Gasteiger partial charge is 0.225 e. The van der Waals surface area contributed by atoms with Crippen LogP contribution in [0.25, 0.3) is 10.2 Å². The van der Waals surface area contributed by atoms with E-state index in [1.807, 2.05) is 11.4 Å². The van der Waals surface area contributed by atoms with Crippen LogP contribution in [0.3, 0.4) is 0 Å².